The lowest BCUT2D eigenvalue weighted by Gasteiger charge is -2.07. The fourth-order valence-corrected chi connectivity index (χ4v) is 2.85. The summed E-state index contributed by atoms with van der Waals surface area (Å²) in [4.78, 5) is 24.3. The van der Waals surface area contributed by atoms with E-state index < -0.39 is 5.25 Å². The van der Waals surface area contributed by atoms with Crippen LogP contribution in [-0.4, -0.2) is 39.9 Å². The monoisotopic (exact) mass is 338 g/mol. The number of carbonyl (C=O) groups is 2. The lowest BCUT2D eigenvalue weighted by Crippen LogP contribution is -2.27. The first-order chi connectivity index (χ1) is 10.4. The van der Waals surface area contributed by atoms with Gasteiger partial charge in [-0.05, 0) is 24.6 Å². The zero-order valence-corrected chi connectivity index (χ0v) is 13.7. The highest BCUT2D eigenvalue weighted by Crippen LogP contribution is 2.24. The molecular formula is C14H15ClN4O2S. The van der Waals surface area contributed by atoms with E-state index in [-0.39, 0.29) is 23.4 Å². The van der Waals surface area contributed by atoms with Crippen LogP contribution >= 0.6 is 23.4 Å². The van der Waals surface area contributed by atoms with Gasteiger partial charge in [0, 0.05) is 18.5 Å². The van der Waals surface area contributed by atoms with E-state index in [0.717, 1.165) is 22.2 Å². The number of likely N-dealkylation sites (tertiary alicyclic amines) is 1. The number of nitrogens with two attached hydrogens (primary N) is 1. The van der Waals surface area contributed by atoms with Crippen LogP contribution in [0, 0.1) is 0 Å². The van der Waals surface area contributed by atoms with Gasteiger partial charge >= 0.3 is 0 Å². The molecule has 1 saturated heterocycles. The summed E-state index contributed by atoms with van der Waals surface area (Å²) in [5.74, 6) is -0.470. The molecule has 0 spiro atoms. The molecule has 2 amide bonds. The summed E-state index contributed by atoms with van der Waals surface area (Å²) in [6, 6.07) is 7.18. The molecule has 116 valence electrons. The third kappa shape index (κ3) is 3.86. The Morgan fingerprint density at radius 2 is 1.95 bits per heavy atom. The number of amidine groups is 1. The quantitative estimate of drug-likeness (QED) is 0.394. The maximum atomic E-state index is 11.8. The Morgan fingerprint density at radius 1 is 1.32 bits per heavy atom. The maximum absolute atomic E-state index is 11.8. The highest BCUT2D eigenvalue weighted by molar-refractivity contribution is 8.14. The lowest BCUT2D eigenvalue weighted by molar-refractivity contribution is -0.136. The van der Waals surface area contributed by atoms with E-state index in [1.54, 1.807) is 19.1 Å². The molecule has 0 aliphatic carbocycles. The van der Waals surface area contributed by atoms with Crippen molar-refractivity contribution < 1.29 is 9.59 Å². The number of rotatable bonds is 3. The summed E-state index contributed by atoms with van der Waals surface area (Å²) in [6.07, 6.45) is 0.135. The SMILES string of the molecule is C/C(=N/N=C(N)S[C@@H]1CC(=O)N(C)C1=O)c1ccc(Cl)cc1. The van der Waals surface area contributed by atoms with Gasteiger partial charge in [-0.3, -0.25) is 14.5 Å². The van der Waals surface area contributed by atoms with Crippen molar-refractivity contribution in [3.63, 3.8) is 0 Å². The third-order valence-electron chi connectivity index (χ3n) is 3.16. The van der Waals surface area contributed by atoms with Crippen LogP contribution in [0.2, 0.25) is 5.02 Å². The van der Waals surface area contributed by atoms with Gasteiger partial charge in [0.05, 0.1) is 5.71 Å². The average molecular weight is 339 g/mol. The topological polar surface area (TPSA) is 88.1 Å². The largest absolute Gasteiger partial charge is 0.377 e. The minimum Gasteiger partial charge on any atom is -0.377 e. The molecule has 2 N–H and O–H groups in total. The number of nitrogens with zero attached hydrogens (tertiary/aromatic N) is 3. The van der Waals surface area contributed by atoms with Crippen molar-refractivity contribution in [1.82, 2.24) is 4.90 Å². The molecule has 0 bridgehead atoms. The smallest absolute Gasteiger partial charge is 0.243 e. The van der Waals surface area contributed by atoms with Gasteiger partial charge in [0.2, 0.25) is 11.8 Å². The van der Waals surface area contributed by atoms with Crippen LogP contribution in [0.25, 0.3) is 0 Å². The summed E-state index contributed by atoms with van der Waals surface area (Å²) < 4.78 is 0. The van der Waals surface area contributed by atoms with Crippen molar-refractivity contribution in [3.05, 3.63) is 34.9 Å². The highest BCUT2D eigenvalue weighted by atomic mass is 35.5. The second-order valence-corrected chi connectivity index (χ2v) is 6.39. The summed E-state index contributed by atoms with van der Waals surface area (Å²) in [5.41, 5.74) is 7.31. The van der Waals surface area contributed by atoms with Gasteiger partial charge in [-0.1, -0.05) is 35.5 Å². The van der Waals surface area contributed by atoms with Crippen molar-refractivity contribution >= 4 is 46.1 Å². The van der Waals surface area contributed by atoms with Crippen LogP contribution in [0.1, 0.15) is 18.9 Å². The molecule has 1 fully saturated rings. The predicted octanol–water partition coefficient (Wildman–Crippen LogP) is 1.87. The second kappa shape index (κ2) is 6.93. The molecule has 22 heavy (non-hydrogen) atoms. The van der Waals surface area contributed by atoms with Gasteiger partial charge in [0.1, 0.15) is 5.25 Å². The predicted molar refractivity (Wildman–Crippen MR) is 89.1 cm³/mol. The summed E-state index contributed by atoms with van der Waals surface area (Å²) in [7, 11) is 1.46. The standard InChI is InChI=1S/C14H15ClN4O2S/c1-8(9-3-5-10(15)6-4-9)17-18-14(16)22-11-7-12(20)19(2)13(11)21/h3-6,11H,7H2,1-2H3,(H2,16,18)/b17-8-/t11-/m1/s1. The number of amides is 2. The Balaban J connectivity index is 2.03. The van der Waals surface area contributed by atoms with E-state index in [2.05, 4.69) is 10.2 Å². The molecule has 2 rings (SSSR count). The van der Waals surface area contributed by atoms with Crippen molar-refractivity contribution in [2.75, 3.05) is 7.05 Å². The number of carbonyl (C=O) groups excluding carboxylic acids is 2. The van der Waals surface area contributed by atoms with Crippen LogP contribution in [0.5, 0.6) is 0 Å². The molecule has 0 saturated carbocycles. The van der Waals surface area contributed by atoms with Gasteiger partial charge in [-0.25, -0.2) is 0 Å². The van der Waals surface area contributed by atoms with Gasteiger partial charge < -0.3 is 5.73 Å². The van der Waals surface area contributed by atoms with Crippen LogP contribution in [0.4, 0.5) is 0 Å². The van der Waals surface area contributed by atoms with Gasteiger partial charge in [0.25, 0.3) is 0 Å². The highest BCUT2D eigenvalue weighted by Gasteiger charge is 2.37. The molecule has 0 unspecified atom stereocenters. The van der Waals surface area contributed by atoms with E-state index in [0.29, 0.717) is 10.7 Å². The Bertz CT molecular complexity index is 657. The second-order valence-electron chi connectivity index (χ2n) is 4.73. The molecule has 1 aliphatic heterocycles. The maximum Gasteiger partial charge on any atom is 0.243 e. The van der Waals surface area contributed by atoms with E-state index in [1.165, 1.54) is 7.05 Å². The molecule has 1 heterocycles. The van der Waals surface area contributed by atoms with Crippen LogP contribution in [0.15, 0.2) is 34.5 Å². The summed E-state index contributed by atoms with van der Waals surface area (Å²) in [5, 5.41) is 8.21. The molecule has 1 aliphatic rings. The first-order valence-electron chi connectivity index (χ1n) is 6.49. The van der Waals surface area contributed by atoms with Crippen molar-refractivity contribution in [2.24, 2.45) is 15.9 Å². The van der Waals surface area contributed by atoms with Gasteiger partial charge in [-0.2, -0.15) is 5.10 Å². The fraction of sp³-hybridized carbons (Fsp3) is 0.286. The van der Waals surface area contributed by atoms with Crippen LogP contribution in [-0.2, 0) is 9.59 Å². The van der Waals surface area contributed by atoms with E-state index in [9.17, 15) is 9.59 Å². The molecule has 0 radical (unpaired) electrons. The lowest BCUT2D eigenvalue weighted by atomic mass is 10.1. The van der Waals surface area contributed by atoms with Crippen molar-refractivity contribution in [1.29, 1.82) is 0 Å². The number of thioether (sulfide) groups is 1. The summed E-state index contributed by atoms with van der Waals surface area (Å²) in [6.45, 7) is 1.79. The minimum absolute atomic E-state index is 0.135. The molecule has 1 atom stereocenters. The van der Waals surface area contributed by atoms with E-state index in [4.69, 9.17) is 17.3 Å². The number of benzene rings is 1. The molecule has 1 aromatic carbocycles. The normalized spacial score (nSPS) is 20.0. The number of halogens is 1. The molecule has 8 heteroatoms. The van der Waals surface area contributed by atoms with Gasteiger partial charge in [-0.15, -0.1) is 5.10 Å². The first kappa shape index (κ1) is 16.5. The Labute approximate surface area is 137 Å². The van der Waals surface area contributed by atoms with Gasteiger partial charge in [0.15, 0.2) is 5.17 Å². The van der Waals surface area contributed by atoms with E-state index in [1.807, 2.05) is 12.1 Å². The Kier molecular flexibility index (Phi) is 5.20. The van der Waals surface area contributed by atoms with E-state index >= 15 is 0 Å². The first-order valence-corrected chi connectivity index (χ1v) is 7.75. The average Bonchev–Trinajstić information content (AvgIpc) is 2.73. The third-order valence-corrected chi connectivity index (χ3v) is 4.39. The number of hydrogen-bond acceptors (Lipinski definition) is 5. The van der Waals surface area contributed by atoms with Crippen LogP contribution in [0.3, 0.4) is 0 Å². The molecule has 1 aromatic rings. The zero-order chi connectivity index (χ0) is 16.3. The Hall–Kier alpha value is -1.86. The number of hydrogen-bond donors (Lipinski definition) is 1. The number of imide groups is 1. The van der Waals surface area contributed by atoms with Crippen molar-refractivity contribution in [3.8, 4) is 0 Å². The molecular weight excluding hydrogens is 324 g/mol. The summed E-state index contributed by atoms with van der Waals surface area (Å²) >= 11 is 6.87. The Morgan fingerprint density at radius 3 is 2.50 bits per heavy atom. The fourth-order valence-electron chi connectivity index (χ4n) is 1.86. The minimum atomic E-state index is -0.521. The zero-order valence-electron chi connectivity index (χ0n) is 12.1. The molecule has 6 nitrogen and oxygen atoms in total. The molecule has 0 aromatic heterocycles. The van der Waals surface area contributed by atoms with Crippen molar-refractivity contribution in [2.45, 2.75) is 18.6 Å². The van der Waals surface area contributed by atoms with Crippen LogP contribution < -0.4 is 5.73 Å².